The van der Waals surface area contributed by atoms with Crippen LogP contribution in [0, 0.1) is 13.8 Å². The van der Waals surface area contributed by atoms with Gasteiger partial charge in [0.25, 0.3) is 0 Å². The molecule has 0 atom stereocenters. The van der Waals surface area contributed by atoms with Crippen molar-refractivity contribution in [1.82, 2.24) is 9.78 Å². The molecule has 0 saturated carbocycles. The molecule has 2 rings (SSSR count). The second-order valence-electron chi connectivity index (χ2n) is 4.55. The van der Waals surface area contributed by atoms with Gasteiger partial charge in [-0.1, -0.05) is 12.1 Å². The zero-order valence-electron chi connectivity index (χ0n) is 11.0. The quantitative estimate of drug-likeness (QED) is 0.809. The van der Waals surface area contributed by atoms with Crippen molar-refractivity contribution < 1.29 is 18.0 Å². The van der Waals surface area contributed by atoms with E-state index in [1.54, 1.807) is 18.5 Å². The predicted octanol–water partition coefficient (Wildman–Crippen LogP) is 3.38. The highest BCUT2D eigenvalue weighted by Crippen LogP contribution is 2.29. The summed E-state index contributed by atoms with van der Waals surface area (Å²) in [7, 11) is 0. The molecule has 6 heteroatoms. The number of nitrogens with zero attached hydrogens (tertiary/aromatic N) is 2. The fourth-order valence-electron chi connectivity index (χ4n) is 2.01. The van der Waals surface area contributed by atoms with E-state index >= 15 is 0 Å². The maximum Gasteiger partial charge on any atom is 0.416 e. The van der Waals surface area contributed by atoms with Crippen molar-refractivity contribution in [1.29, 1.82) is 0 Å². The predicted molar refractivity (Wildman–Crippen MR) is 67.6 cm³/mol. The molecule has 3 nitrogen and oxygen atoms in total. The Hall–Kier alpha value is -2.11. The SMILES string of the molecule is Cc1nn(Cc2ccc(C(F)(F)F)cc2)c(C)c1C=O. The molecule has 0 aliphatic heterocycles. The number of alkyl halides is 3. The van der Waals surface area contributed by atoms with Crippen molar-refractivity contribution in [3.05, 3.63) is 52.3 Å². The Morgan fingerprint density at radius 1 is 1.20 bits per heavy atom. The van der Waals surface area contributed by atoms with Gasteiger partial charge in [-0.05, 0) is 31.5 Å². The van der Waals surface area contributed by atoms with Crippen LogP contribution in [0.3, 0.4) is 0 Å². The average molecular weight is 282 g/mol. The molecule has 1 aromatic carbocycles. The number of aromatic nitrogens is 2. The van der Waals surface area contributed by atoms with Crippen molar-refractivity contribution >= 4 is 6.29 Å². The summed E-state index contributed by atoms with van der Waals surface area (Å²) in [5, 5.41) is 4.21. The van der Waals surface area contributed by atoms with Crippen molar-refractivity contribution in [2.75, 3.05) is 0 Å². The molecular formula is C14H13F3N2O. The van der Waals surface area contributed by atoms with E-state index in [2.05, 4.69) is 5.10 Å². The first-order valence-electron chi connectivity index (χ1n) is 5.98. The maximum atomic E-state index is 12.5. The number of aldehydes is 1. The smallest absolute Gasteiger partial charge is 0.298 e. The number of hydrogen-bond donors (Lipinski definition) is 0. The summed E-state index contributed by atoms with van der Waals surface area (Å²) in [5.41, 5.74) is 1.86. The molecule has 0 aliphatic carbocycles. The number of aryl methyl sites for hydroxylation is 1. The van der Waals surface area contributed by atoms with Gasteiger partial charge in [0.2, 0.25) is 0 Å². The van der Waals surface area contributed by atoms with Crippen LogP contribution in [-0.4, -0.2) is 16.1 Å². The highest BCUT2D eigenvalue weighted by Gasteiger charge is 2.29. The number of hydrogen-bond acceptors (Lipinski definition) is 2. The Morgan fingerprint density at radius 2 is 1.80 bits per heavy atom. The van der Waals surface area contributed by atoms with Crippen molar-refractivity contribution in [2.45, 2.75) is 26.6 Å². The summed E-state index contributed by atoms with van der Waals surface area (Å²) in [6, 6.07) is 4.92. The summed E-state index contributed by atoms with van der Waals surface area (Å²) in [6.07, 6.45) is -3.59. The third-order valence-electron chi connectivity index (χ3n) is 3.17. The average Bonchev–Trinajstić information content (AvgIpc) is 2.63. The summed E-state index contributed by atoms with van der Waals surface area (Å²) < 4.78 is 39.0. The first-order chi connectivity index (χ1) is 9.32. The topological polar surface area (TPSA) is 34.9 Å². The summed E-state index contributed by atoms with van der Waals surface area (Å²) in [6.45, 7) is 3.81. The van der Waals surface area contributed by atoms with Gasteiger partial charge >= 0.3 is 6.18 Å². The molecule has 1 aromatic heterocycles. The van der Waals surface area contributed by atoms with Crippen LogP contribution in [0.4, 0.5) is 13.2 Å². The van der Waals surface area contributed by atoms with Gasteiger partial charge in [0.05, 0.1) is 23.4 Å². The second-order valence-corrected chi connectivity index (χ2v) is 4.55. The minimum absolute atomic E-state index is 0.332. The van der Waals surface area contributed by atoms with Crippen LogP contribution in [-0.2, 0) is 12.7 Å². The lowest BCUT2D eigenvalue weighted by Crippen LogP contribution is -2.07. The molecule has 0 saturated heterocycles. The Labute approximate surface area is 114 Å². The molecule has 0 bridgehead atoms. The van der Waals surface area contributed by atoms with Gasteiger partial charge in [-0.15, -0.1) is 0 Å². The lowest BCUT2D eigenvalue weighted by atomic mass is 10.1. The molecule has 0 unspecified atom stereocenters. The fourth-order valence-corrected chi connectivity index (χ4v) is 2.01. The van der Waals surface area contributed by atoms with Crippen LogP contribution < -0.4 is 0 Å². The molecule has 0 N–H and O–H groups in total. The van der Waals surface area contributed by atoms with Crippen LogP contribution >= 0.6 is 0 Å². The molecule has 0 radical (unpaired) electrons. The number of carbonyl (C=O) groups is 1. The number of halogens is 3. The molecule has 0 spiro atoms. The van der Waals surface area contributed by atoms with E-state index in [9.17, 15) is 18.0 Å². The molecule has 0 fully saturated rings. The van der Waals surface area contributed by atoms with Crippen molar-refractivity contribution in [3.63, 3.8) is 0 Å². The molecule has 0 aliphatic rings. The molecular weight excluding hydrogens is 269 g/mol. The van der Waals surface area contributed by atoms with Crippen molar-refractivity contribution in [3.8, 4) is 0 Å². The minimum atomic E-state index is -4.33. The van der Waals surface area contributed by atoms with Gasteiger partial charge in [0, 0.05) is 5.69 Å². The lowest BCUT2D eigenvalue weighted by Gasteiger charge is -2.08. The largest absolute Gasteiger partial charge is 0.416 e. The van der Waals surface area contributed by atoms with Crippen LogP contribution in [0.5, 0.6) is 0 Å². The zero-order valence-corrected chi connectivity index (χ0v) is 11.0. The standard InChI is InChI=1S/C14H13F3N2O/c1-9-13(8-20)10(2)19(18-9)7-11-3-5-12(6-4-11)14(15,16)17/h3-6,8H,7H2,1-2H3. The Morgan fingerprint density at radius 3 is 2.25 bits per heavy atom. The van der Waals surface area contributed by atoms with E-state index in [1.165, 1.54) is 12.1 Å². The first-order valence-corrected chi connectivity index (χ1v) is 5.98. The first kappa shape index (κ1) is 14.3. The minimum Gasteiger partial charge on any atom is -0.298 e. The van der Waals surface area contributed by atoms with Gasteiger partial charge in [-0.3, -0.25) is 9.48 Å². The second kappa shape index (κ2) is 5.11. The van der Waals surface area contributed by atoms with E-state index in [0.717, 1.165) is 18.4 Å². The molecule has 1 heterocycles. The van der Waals surface area contributed by atoms with E-state index < -0.39 is 11.7 Å². The van der Waals surface area contributed by atoms with E-state index in [0.29, 0.717) is 29.1 Å². The maximum absolute atomic E-state index is 12.5. The van der Waals surface area contributed by atoms with Gasteiger partial charge < -0.3 is 0 Å². The van der Waals surface area contributed by atoms with Gasteiger partial charge in [-0.2, -0.15) is 18.3 Å². The van der Waals surface area contributed by atoms with Crippen LogP contribution in [0.15, 0.2) is 24.3 Å². The summed E-state index contributed by atoms with van der Waals surface area (Å²) in [5.74, 6) is 0. The number of benzene rings is 1. The lowest BCUT2D eigenvalue weighted by molar-refractivity contribution is -0.137. The van der Waals surface area contributed by atoms with E-state index in [4.69, 9.17) is 0 Å². The Kier molecular flexibility index (Phi) is 3.65. The molecule has 2 aromatic rings. The van der Waals surface area contributed by atoms with Crippen LogP contribution in [0.25, 0.3) is 0 Å². The van der Waals surface area contributed by atoms with E-state index in [-0.39, 0.29) is 0 Å². The fraction of sp³-hybridized carbons (Fsp3) is 0.286. The normalized spacial score (nSPS) is 11.7. The zero-order chi connectivity index (χ0) is 14.9. The molecule has 20 heavy (non-hydrogen) atoms. The van der Waals surface area contributed by atoms with Crippen LogP contribution in [0.2, 0.25) is 0 Å². The molecule has 0 amide bonds. The summed E-state index contributed by atoms with van der Waals surface area (Å²) in [4.78, 5) is 10.9. The Bertz CT molecular complexity index is 627. The molecule has 106 valence electrons. The van der Waals surface area contributed by atoms with Crippen molar-refractivity contribution in [2.24, 2.45) is 0 Å². The number of rotatable bonds is 3. The monoisotopic (exact) mass is 282 g/mol. The summed E-state index contributed by atoms with van der Waals surface area (Å²) >= 11 is 0. The van der Waals surface area contributed by atoms with E-state index in [1.807, 2.05) is 0 Å². The highest BCUT2D eigenvalue weighted by atomic mass is 19.4. The Balaban J connectivity index is 2.25. The van der Waals surface area contributed by atoms with Gasteiger partial charge in [0.15, 0.2) is 6.29 Å². The highest BCUT2D eigenvalue weighted by molar-refractivity contribution is 5.78. The van der Waals surface area contributed by atoms with Gasteiger partial charge in [-0.25, -0.2) is 0 Å². The number of carbonyl (C=O) groups excluding carboxylic acids is 1. The third-order valence-corrected chi connectivity index (χ3v) is 3.17. The van der Waals surface area contributed by atoms with Gasteiger partial charge in [0.1, 0.15) is 0 Å². The van der Waals surface area contributed by atoms with Crippen LogP contribution in [0.1, 0.15) is 32.9 Å². The third kappa shape index (κ3) is 2.74.